The number of hydrogen-bond acceptors (Lipinski definition) is 8. The topological polar surface area (TPSA) is 108 Å². The highest BCUT2D eigenvalue weighted by atomic mass is 79.9. The molecular formula is C35H41BrN2O7. The lowest BCUT2D eigenvalue weighted by Crippen LogP contribution is -2.44. The maximum Gasteiger partial charge on any atom is 0.269 e. The lowest BCUT2D eigenvalue weighted by molar-refractivity contribution is -0.384. The second-order valence-electron chi connectivity index (χ2n) is 13.8. The van der Waals surface area contributed by atoms with E-state index < -0.39 is 10.8 Å². The van der Waals surface area contributed by atoms with Crippen LogP contribution in [-0.4, -0.2) is 48.8 Å². The molecule has 3 aliphatic rings. The van der Waals surface area contributed by atoms with Gasteiger partial charge in [-0.3, -0.25) is 19.7 Å². The van der Waals surface area contributed by atoms with Crippen LogP contribution in [0.4, 0.5) is 5.69 Å². The van der Waals surface area contributed by atoms with E-state index in [1.165, 1.54) is 12.1 Å². The van der Waals surface area contributed by atoms with Crippen molar-refractivity contribution in [3.05, 3.63) is 84.7 Å². The van der Waals surface area contributed by atoms with Gasteiger partial charge in [-0.15, -0.1) is 0 Å². The van der Waals surface area contributed by atoms with E-state index in [4.69, 9.17) is 14.2 Å². The number of nitrogens with zero attached hydrogens (tertiary/aromatic N) is 2. The van der Waals surface area contributed by atoms with E-state index >= 15 is 0 Å². The van der Waals surface area contributed by atoms with Crippen LogP contribution in [0.25, 0.3) is 0 Å². The molecule has 0 aromatic heterocycles. The summed E-state index contributed by atoms with van der Waals surface area (Å²) in [6, 6.07) is 10.1. The molecular weight excluding hydrogens is 640 g/mol. The Morgan fingerprint density at radius 2 is 1.58 bits per heavy atom. The fraction of sp³-hybridized carbons (Fsp3) is 0.486. The van der Waals surface area contributed by atoms with Crippen LogP contribution in [-0.2, 0) is 20.9 Å². The van der Waals surface area contributed by atoms with Gasteiger partial charge in [-0.05, 0) is 69.3 Å². The van der Waals surface area contributed by atoms with Crippen molar-refractivity contribution < 1.29 is 28.7 Å². The van der Waals surface area contributed by atoms with E-state index in [1.54, 1.807) is 26.4 Å². The second-order valence-corrected chi connectivity index (χ2v) is 14.6. The molecule has 0 N–H and O–H groups in total. The summed E-state index contributed by atoms with van der Waals surface area (Å²) in [4.78, 5) is 41.3. The maximum absolute atomic E-state index is 14.1. The molecule has 0 spiro atoms. The number of Topliss-reactive ketones (excluding diaryl/α,β-unsaturated/α-hetero) is 2. The van der Waals surface area contributed by atoms with Crippen molar-refractivity contribution in [2.45, 2.75) is 72.3 Å². The first-order valence-electron chi connectivity index (χ1n) is 15.3. The standard InChI is InChI=1S/C35H41BrN2O7/c1-34(2)16-25-31(27(39)18-34)30(32-26(37(25)11-8-12-43-5)17-35(3,4)19-28(32)40)22-14-24(36)33(29(15-22)44-6)45-20-21-9-7-10-23(13-21)38(41)42/h7,9-10,13-15,30H,8,11-12,16-20H2,1-6H3. The normalized spacial score (nSPS) is 19.4. The molecule has 10 heteroatoms. The first-order chi connectivity index (χ1) is 21.2. The molecule has 0 saturated heterocycles. The number of halogens is 1. The fourth-order valence-electron chi connectivity index (χ4n) is 6.98. The molecule has 1 aliphatic heterocycles. The molecule has 45 heavy (non-hydrogen) atoms. The molecule has 2 aromatic carbocycles. The van der Waals surface area contributed by atoms with E-state index in [0.29, 0.717) is 58.7 Å². The first kappa shape index (κ1) is 32.9. The van der Waals surface area contributed by atoms with Crippen LogP contribution < -0.4 is 9.47 Å². The summed E-state index contributed by atoms with van der Waals surface area (Å²) in [5.74, 6) is 0.461. The van der Waals surface area contributed by atoms with E-state index in [2.05, 4.69) is 48.5 Å². The molecule has 1 heterocycles. The Bertz CT molecular complexity index is 1550. The zero-order chi connectivity index (χ0) is 32.7. The number of nitro benzene ring substituents is 1. The van der Waals surface area contributed by atoms with Gasteiger partial charge in [-0.1, -0.05) is 39.8 Å². The van der Waals surface area contributed by atoms with Gasteiger partial charge in [0.15, 0.2) is 23.1 Å². The Balaban J connectivity index is 1.62. The molecule has 0 amide bonds. The van der Waals surface area contributed by atoms with Crippen molar-refractivity contribution in [1.29, 1.82) is 0 Å². The Morgan fingerprint density at radius 1 is 0.956 bits per heavy atom. The quantitative estimate of drug-likeness (QED) is 0.143. The number of benzene rings is 2. The van der Waals surface area contributed by atoms with Gasteiger partial charge in [0.2, 0.25) is 0 Å². The van der Waals surface area contributed by atoms with Crippen LogP contribution in [0.2, 0.25) is 0 Å². The van der Waals surface area contributed by atoms with Crippen LogP contribution in [0.1, 0.15) is 76.8 Å². The Morgan fingerprint density at radius 3 is 2.13 bits per heavy atom. The molecule has 0 fully saturated rings. The first-order valence-corrected chi connectivity index (χ1v) is 16.1. The van der Waals surface area contributed by atoms with Crippen LogP contribution in [0.5, 0.6) is 11.5 Å². The van der Waals surface area contributed by atoms with Gasteiger partial charge in [-0.2, -0.15) is 0 Å². The number of rotatable bonds is 10. The summed E-state index contributed by atoms with van der Waals surface area (Å²) in [5, 5.41) is 11.2. The number of ketones is 2. The third-order valence-corrected chi connectivity index (χ3v) is 9.43. The number of carbonyl (C=O) groups is 2. The Kier molecular flexibility index (Phi) is 9.29. The number of hydrogen-bond donors (Lipinski definition) is 0. The van der Waals surface area contributed by atoms with Gasteiger partial charge >= 0.3 is 0 Å². The lowest BCUT2D eigenvalue weighted by Gasteiger charge is -2.49. The minimum absolute atomic E-state index is 0.0140. The van der Waals surface area contributed by atoms with Crippen LogP contribution in [0.3, 0.4) is 0 Å². The molecule has 0 atom stereocenters. The number of methoxy groups -OCH3 is 2. The Labute approximate surface area is 272 Å². The van der Waals surface area contributed by atoms with E-state index in [9.17, 15) is 19.7 Å². The molecule has 2 aromatic rings. The third-order valence-electron chi connectivity index (χ3n) is 8.84. The van der Waals surface area contributed by atoms with Gasteiger partial charge in [-0.25, -0.2) is 0 Å². The monoisotopic (exact) mass is 680 g/mol. The molecule has 0 bridgehead atoms. The average molecular weight is 682 g/mol. The predicted molar refractivity (Wildman–Crippen MR) is 174 cm³/mol. The number of carbonyl (C=O) groups excluding carboxylic acids is 2. The van der Waals surface area contributed by atoms with E-state index in [0.717, 1.165) is 36.2 Å². The highest BCUT2D eigenvalue weighted by Gasteiger charge is 2.49. The van der Waals surface area contributed by atoms with Crippen LogP contribution >= 0.6 is 15.9 Å². The predicted octanol–water partition coefficient (Wildman–Crippen LogP) is 7.67. The summed E-state index contributed by atoms with van der Waals surface area (Å²) < 4.78 is 17.9. The smallest absolute Gasteiger partial charge is 0.269 e. The summed E-state index contributed by atoms with van der Waals surface area (Å²) in [6.45, 7) is 9.85. The van der Waals surface area contributed by atoms with E-state index in [-0.39, 0.29) is 34.7 Å². The third kappa shape index (κ3) is 6.72. The number of ether oxygens (including phenoxy) is 3. The van der Waals surface area contributed by atoms with E-state index in [1.807, 2.05) is 12.1 Å². The number of nitro groups is 1. The van der Waals surface area contributed by atoms with Gasteiger partial charge < -0.3 is 19.1 Å². The largest absolute Gasteiger partial charge is 0.493 e. The van der Waals surface area contributed by atoms with Gasteiger partial charge in [0, 0.05) is 73.7 Å². The van der Waals surface area contributed by atoms with Crippen molar-refractivity contribution >= 4 is 33.2 Å². The average Bonchev–Trinajstić information content (AvgIpc) is 2.95. The number of non-ortho nitro benzene ring substituents is 1. The highest BCUT2D eigenvalue weighted by molar-refractivity contribution is 9.10. The van der Waals surface area contributed by atoms with Crippen molar-refractivity contribution in [3.8, 4) is 11.5 Å². The number of allylic oxidation sites excluding steroid dienone is 4. The molecule has 5 rings (SSSR count). The summed E-state index contributed by atoms with van der Waals surface area (Å²) >= 11 is 3.67. The fourth-order valence-corrected chi connectivity index (χ4v) is 7.55. The maximum atomic E-state index is 14.1. The zero-order valence-corrected chi connectivity index (χ0v) is 28.4. The summed E-state index contributed by atoms with van der Waals surface area (Å²) in [6.07, 6.45) is 3.03. The molecule has 0 radical (unpaired) electrons. The van der Waals surface area contributed by atoms with Crippen molar-refractivity contribution in [2.24, 2.45) is 10.8 Å². The molecule has 0 unspecified atom stereocenters. The van der Waals surface area contributed by atoms with Gasteiger partial charge in [0.25, 0.3) is 5.69 Å². The van der Waals surface area contributed by atoms with Crippen molar-refractivity contribution in [3.63, 3.8) is 0 Å². The molecule has 0 saturated carbocycles. The summed E-state index contributed by atoms with van der Waals surface area (Å²) in [7, 11) is 3.23. The summed E-state index contributed by atoms with van der Waals surface area (Å²) in [5.41, 5.74) is 4.36. The van der Waals surface area contributed by atoms with Crippen LogP contribution in [0.15, 0.2) is 63.4 Å². The van der Waals surface area contributed by atoms with Gasteiger partial charge in [0.1, 0.15) is 6.61 Å². The minimum atomic E-state index is -0.531. The molecule has 240 valence electrons. The second kappa shape index (κ2) is 12.7. The lowest BCUT2D eigenvalue weighted by atomic mass is 9.63. The highest BCUT2D eigenvalue weighted by Crippen LogP contribution is 2.55. The molecule has 9 nitrogen and oxygen atoms in total. The van der Waals surface area contributed by atoms with Gasteiger partial charge in [0.05, 0.1) is 16.5 Å². The molecule has 2 aliphatic carbocycles. The minimum Gasteiger partial charge on any atom is -0.493 e. The zero-order valence-electron chi connectivity index (χ0n) is 26.8. The van der Waals surface area contributed by atoms with Crippen LogP contribution in [0, 0.1) is 20.9 Å². The van der Waals surface area contributed by atoms with Crippen molar-refractivity contribution in [1.82, 2.24) is 4.90 Å². The van der Waals surface area contributed by atoms with Crippen molar-refractivity contribution in [2.75, 3.05) is 27.4 Å². The Hall–Kier alpha value is -3.50. The SMILES string of the molecule is COCCCN1C2=C(C(=O)CC(C)(C)C2)C(c2cc(Br)c(OCc3cccc([N+](=O)[O-])c3)c(OC)c2)C2=C1CC(C)(C)CC2=O.